The third-order valence-electron chi connectivity index (χ3n) is 3.92. The summed E-state index contributed by atoms with van der Waals surface area (Å²) in [6.07, 6.45) is 0. The van der Waals surface area contributed by atoms with Gasteiger partial charge in [0.15, 0.2) is 0 Å². The molecule has 1 aromatic heterocycles. The SMILES string of the molecule is CC(=O)Nc1cc(NC(=O)c2sc3cccc(F)c3c2C)ccc1C. The highest BCUT2D eigenvalue weighted by molar-refractivity contribution is 7.21. The van der Waals surface area contributed by atoms with E-state index < -0.39 is 0 Å². The van der Waals surface area contributed by atoms with Crippen LogP contribution in [0.2, 0.25) is 0 Å². The Balaban J connectivity index is 1.92. The Morgan fingerprint density at radius 2 is 1.84 bits per heavy atom. The Morgan fingerprint density at radius 3 is 2.52 bits per heavy atom. The number of hydrogen-bond donors (Lipinski definition) is 2. The number of anilines is 2. The second kappa shape index (κ2) is 6.64. The maximum absolute atomic E-state index is 14.0. The van der Waals surface area contributed by atoms with Gasteiger partial charge in [-0.1, -0.05) is 12.1 Å². The summed E-state index contributed by atoms with van der Waals surface area (Å²) in [6, 6.07) is 10.1. The fraction of sp³-hybridized carbons (Fsp3) is 0.158. The molecule has 0 fully saturated rings. The van der Waals surface area contributed by atoms with Crippen molar-refractivity contribution in [2.45, 2.75) is 20.8 Å². The van der Waals surface area contributed by atoms with Crippen LogP contribution in [0.3, 0.4) is 0 Å². The van der Waals surface area contributed by atoms with E-state index in [1.165, 1.54) is 24.3 Å². The monoisotopic (exact) mass is 356 g/mol. The zero-order valence-corrected chi connectivity index (χ0v) is 14.9. The number of halogens is 1. The largest absolute Gasteiger partial charge is 0.326 e. The molecule has 128 valence electrons. The van der Waals surface area contributed by atoms with Crippen LogP contribution in [0.25, 0.3) is 10.1 Å². The number of hydrogen-bond acceptors (Lipinski definition) is 3. The van der Waals surface area contributed by atoms with Crippen molar-refractivity contribution in [1.82, 2.24) is 0 Å². The second-order valence-corrected chi connectivity index (χ2v) is 6.89. The molecule has 2 N–H and O–H groups in total. The predicted octanol–water partition coefficient (Wildman–Crippen LogP) is 4.87. The first-order chi connectivity index (χ1) is 11.9. The van der Waals surface area contributed by atoms with Gasteiger partial charge in [0.25, 0.3) is 5.91 Å². The highest BCUT2D eigenvalue weighted by Gasteiger charge is 2.18. The minimum atomic E-state index is -0.325. The maximum atomic E-state index is 14.0. The molecule has 6 heteroatoms. The van der Waals surface area contributed by atoms with Crippen LogP contribution >= 0.6 is 11.3 Å². The summed E-state index contributed by atoms with van der Waals surface area (Å²) in [6.45, 7) is 5.05. The molecular weight excluding hydrogens is 339 g/mol. The fourth-order valence-corrected chi connectivity index (χ4v) is 3.80. The molecule has 0 aliphatic heterocycles. The summed E-state index contributed by atoms with van der Waals surface area (Å²) in [7, 11) is 0. The number of rotatable bonds is 3. The average Bonchev–Trinajstić information content (AvgIpc) is 2.88. The van der Waals surface area contributed by atoms with E-state index >= 15 is 0 Å². The molecular formula is C19H17FN2O2S. The molecule has 0 radical (unpaired) electrons. The molecule has 1 heterocycles. The van der Waals surface area contributed by atoms with E-state index in [1.807, 2.05) is 13.0 Å². The number of thiophene rings is 1. The molecule has 0 saturated heterocycles. The molecule has 0 aliphatic carbocycles. The van der Waals surface area contributed by atoms with Crippen molar-refractivity contribution in [3.8, 4) is 0 Å². The zero-order chi connectivity index (χ0) is 18.1. The number of carbonyl (C=O) groups is 2. The van der Waals surface area contributed by atoms with E-state index in [1.54, 1.807) is 31.2 Å². The predicted molar refractivity (Wildman–Crippen MR) is 100.0 cm³/mol. The number of amides is 2. The lowest BCUT2D eigenvalue weighted by Gasteiger charge is -2.10. The second-order valence-electron chi connectivity index (χ2n) is 5.83. The van der Waals surface area contributed by atoms with E-state index in [0.717, 1.165) is 10.3 Å². The van der Waals surface area contributed by atoms with Crippen LogP contribution in [-0.2, 0) is 4.79 Å². The Kier molecular flexibility index (Phi) is 4.55. The molecule has 0 atom stereocenters. The van der Waals surface area contributed by atoms with Crippen LogP contribution in [0, 0.1) is 19.7 Å². The summed E-state index contributed by atoms with van der Waals surface area (Å²) in [5.74, 6) is -0.799. The number of benzene rings is 2. The van der Waals surface area contributed by atoms with Crippen LogP contribution in [0.4, 0.5) is 15.8 Å². The fourth-order valence-electron chi connectivity index (χ4n) is 2.68. The number of fused-ring (bicyclic) bond motifs is 1. The van der Waals surface area contributed by atoms with Crippen LogP contribution in [-0.4, -0.2) is 11.8 Å². The zero-order valence-electron chi connectivity index (χ0n) is 14.1. The van der Waals surface area contributed by atoms with Crippen molar-refractivity contribution in [1.29, 1.82) is 0 Å². The third-order valence-corrected chi connectivity index (χ3v) is 5.17. The van der Waals surface area contributed by atoms with Gasteiger partial charge in [-0.3, -0.25) is 9.59 Å². The van der Waals surface area contributed by atoms with Gasteiger partial charge in [-0.15, -0.1) is 11.3 Å². The topological polar surface area (TPSA) is 58.2 Å². The lowest BCUT2D eigenvalue weighted by Crippen LogP contribution is -2.12. The van der Waals surface area contributed by atoms with Gasteiger partial charge in [-0.25, -0.2) is 4.39 Å². The van der Waals surface area contributed by atoms with Gasteiger partial charge in [0.05, 0.1) is 4.88 Å². The minimum Gasteiger partial charge on any atom is -0.326 e. The highest BCUT2D eigenvalue weighted by atomic mass is 32.1. The van der Waals surface area contributed by atoms with Crippen LogP contribution in [0.15, 0.2) is 36.4 Å². The van der Waals surface area contributed by atoms with Gasteiger partial charge in [0.1, 0.15) is 5.82 Å². The van der Waals surface area contributed by atoms with Gasteiger partial charge in [-0.2, -0.15) is 0 Å². The Morgan fingerprint density at radius 1 is 1.08 bits per heavy atom. The van der Waals surface area contributed by atoms with E-state index in [-0.39, 0.29) is 17.6 Å². The minimum absolute atomic E-state index is 0.178. The van der Waals surface area contributed by atoms with E-state index in [4.69, 9.17) is 0 Å². The normalized spacial score (nSPS) is 10.7. The Hall–Kier alpha value is -2.73. The highest BCUT2D eigenvalue weighted by Crippen LogP contribution is 2.33. The van der Waals surface area contributed by atoms with Crippen molar-refractivity contribution in [3.63, 3.8) is 0 Å². The number of nitrogens with one attached hydrogen (secondary N) is 2. The third kappa shape index (κ3) is 3.39. The Labute approximate surface area is 148 Å². The van der Waals surface area contributed by atoms with Gasteiger partial charge >= 0.3 is 0 Å². The van der Waals surface area contributed by atoms with Crippen molar-refractivity contribution in [2.24, 2.45) is 0 Å². The Bertz CT molecular complexity index is 994. The quantitative estimate of drug-likeness (QED) is 0.703. The molecule has 0 bridgehead atoms. The maximum Gasteiger partial charge on any atom is 0.266 e. The molecule has 4 nitrogen and oxygen atoms in total. The van der Waals surface area contributed by atoms with Crippen molar-refractivity contribution >= 4 is 44.6 Å². The van der Waals surface area contributed by atoms with Crippen molar-refractivity contribution in [3.05, 3.63) is 58.2 Å². The molecule has 0 aliphatic rings. The molecule has 0 unspecified atom stereocenters. The lowest BCUT2D eigenvalue weighted by atomic mass is 10.1. The van der Waals surface area contributed by atoms with E-state index in [9.17, 15) is 14.0 Å². The average molecular weight is 356 g/mol. The summed E-state index contributed by atoms with van der Waals surface area (Å²) in [5.41, 5.74) is 2.74. The summed E-state index contributed by atoms with van der Waals surface area (Å²) >= 11 is 1.26. The first kappa shape index (κ1) is 17.1. The standard InChI is InChI=1S/C19H17FN2O2S/c1-10-7-8-13(9-15(10)21-12(3)23)22-19(24)18-11(2)17-14(20)5-4-6-16(17)25-18/h4-9H,1-3H3,(H,21,23)(H,22,24). The number of carbonyl (C=O) groups excluding carboxylic acids is 2. The first-order valence-corrected chi connectivity index (χ1v) is 8.55. The van der Waals surface area contributed by atoms with Crippen LogP contribution in [0.5, 0.6) is 0 Å². The lowest BCUT2D eigenvalue weighted by molar-refractivity contribution is -0.114. The molecule has 0 spiro atoms. The molecule has 25 heavy (non-hydrogen) atoms. The molecule has 0 saturated carbocycles. The number of aryl methyl sites for hydroxylation is 2. The first-order valence-electron chi connectivity index (χ1n) is 7.74. The molecule has 3 rings (SSSR count). The smallest absolute Gasteiger partial charge is 0.266 e. The van der Waals surface area contributed by atoms with Crippen LogP contribution in [0.1, 0.15) is 27.7 Å². The van der Waals surface area contributed by atoms with E-state index in [0.29, 0.717) is 27.2 Å². The summed E-state index contributed by atoms with van der Waals surface area (Å²) in [5, 5.41) is 6.03. The van der Waals surface area contributed by atoms with Crippen molar-refractivity contribution in [2.75, 3.05) is 10.6 Å². The van der Waals surface area contributed by atoms with Crippen LogP contribution < -0.4 is 10.6 Å². The van der Waals surface area contributed by atoms with E-state index in [2.05, 4.69) is 10.6 Å². The summed E-state index contributed by atoms with van der Waals surface area (Å²) in [4.78, 5) is 24.4. The van der Waals surface area contributed by atoms with Crippen molar-refractivity contribution < 1.29 is 14.0 Å². The molecule has 3 aromatic rings. The van der Waals surface area contributed by atoms with Gasteiger partial charge in [-0.05, 0) is 49.2 Å². The van der Waals surface area contributed by atoms with Gasteiger partial charge in [0, 0.05) is 28.4 Å². The van der Waals surface area contributed by atoms with Gasteiger partial charge in [0.2, 0.25) is 5.91 Å². The summed E-state index contributed by atoms with van der Waals surface area (Å²) < 4.78 is 14.7. The van der Waals surface area contributed by atoms with Gasteiger partial charge < -0.3 is 10.6 Å². The molecule has 2 aromatic carbocycles. The molecule has 2 amide bonds.